The van der Waals surface area contributed by atoms with Crippen LogP contribution in [0.3, 0.4) is 0 Å². The number of nitrogens with zero attached hydrogens (tertiary/aromatic N) is 3. The molecule has 0 aliphatic carbocycles. The van der Waals surface area contributed by atoms with Crippen LogP contribution >= 0.6 is 0 Å². The molecule has 1 N–H and O–H groups in total. The Bertz CT molecular complexity index is 1010. The number of hydrogen-bond donors (Lipinski definition) is 1. The van der Waals surface area contributed by atoms with Crippen LogP contribution in [0.2, 0.25) is 0 Å². The van der Waals surface area contributed by atoms with Crippen LogP contribution in [-0.2, 0) is 6.42 Å². The number of anilines is 1. The molecule has 1 amide bonds. The average Bonchev–Trinajstić information content (AvgIpc) is 2.97. The van der Waals surface area contributed by atoms with Crippen molar-refractivity contribution in [1.82, 2.24) is 9.38 Å². The van der Waals surface area contributed by atoms with Crippen LogP contribution in [0, 0.1) is 17.0 Å². The number of aryl methyl sites for hydroxylation is 2. The van der Waals surface area contributed by atoms with Gasteiger partial charge in [0.05, 0.1) is 23.3 Å². The molecule has 8 nitrogen and oxygen atoms in total. The molecule has 3 aromatic rings. The summed E-state index contributed by atoms with van der Waals surface area (Å²) in [6, 6.07) is 7.73. The van der Waals surface area contributed by atoms with Crippen molar-refractivity contribution < 1.29 is 14.5 Å². The standard InChI is InChI=1S/C18H18N4O4/c1-4-14-11(2)21-10-12(5-8-17(21)20-14)18(23)19-13-6-7-16(26-3)15(9-13)22(24)25/h5-10H,4H2,1-3H3,(H,19,23). The van der Waals surface area contributed by atoms with E-state index in [-0.39, 0.29) is 17.3 Å². The lowest BCUT2D eigenvalue weighted by molar-refractivity contribution is -0.385. The zero-order valence-corrected chi connectivity index (χ0v) is 14.6. The van der Waals surface area contributed by atoms with E-state index in [0.29, 0.717) is 11.3 Å². The smallest absolute Gasteiger partial charge is 0.312 e. The Labute approximate surface area is 149 Å². The first kappa shape index (κ1) is 17.4. The van der Waals surface area contributed by atoms with Gasteiger partial charge in [0.1, 0.15) is 5.65 Å². The molecule has 0 unspecified atom stereocenters. The number of amides is 1. The van der Waals surface area contributed by atoms with Crippen LogP contribution in [0.15, 0.2) is 36.5 Å². The third-order valence-electron chi connectivity index (χ3n) is 4.19. The molecule has 0 atom stereocenters. The van der Waals surface area contributed by atoms with Gasteiger partial charge < -0.3 is 14.5 Å². The van der Waals surface area contributed by atoms with Crippen molar-refractivity contribution in [2.24, 2.45) is 0 Å². The van der Waals surface area contributed by atoms with Crippen molar-refractivity contribution in [2.45, 2.75) is 20.3 Å². The Morgan fingerprint density at radius 3 is 2.77 bits per heavy atom. The maximum Gasteiger partial charge on any atom is 0.312 e. The third kappa shape index (κ3) is 3.08. The number of ether oxygens (including phenoxy) is 1. The predicted molar refractivity (Wildman–Crippen MR) is 96.9 cm³/mol. The first-order valence-electron chi connectivity index (χ1n) is 8.06. The van der Waals surface area contributed by atoms with Crippen LogP contribution in [0.4, 0.5) is 11.4 Å². The molecular weight excluding hydrogens is 336 g/mol. The number of aromatic nitrogens is 2. The highest BCUT2D eigenvalue weighted by Crippen LogP contribution is 2.29. The van der Waals surface area contributed by atoms with E-state index >= 15 is 0 Å². The number of carbonyl (C=O) groups excluding carboxylic acids is 1. The molecule has 0 fully saturated rings. The van der Waals surface area contributed by atoms with Crippen molar-refractivity contribution in [3.05, 3.63) is 63.6 Å². The molecule has 26 heavy (non-hydrogen) atoms. The number of pyridine rings is 1. The fourth-order valence-electron chi connectivity index (χ4n) is 2.79. The molecule has 8 heteroatoms. The minimum absolute atomic E-state index is 0.135. The van der Waals surface area contributed by atoms with Crippen LogP contribution in [0.25, 0.3) is 5.65 Å². The summed E-state index contributed by atoms with van der Waals surface area (Å²) in [6.45, 7) is 3.98. The average molecular weight is 354 g/mol. The van der Waals surface area contributed by atoms with Crippen LogP contribution in [0.1, 0.15) is 28.7 Å². The number of benzene rings is 1. The minimum atomic E-state index is -0.554. The topological polar surface area (TPSA) is 98.8 Å². The van der Waals surface area contributed by atoms with Crippen molar-refractivity contribution in [2.75, 3.05) is 12.4 Å². The van der Waals surface area contributed by atoms with Crippen LogP contribution in [0.5, 0.6) is 5.75 Å². The molecule has 2 aromatic heterocycles. The second-order valence-corrected chi connectivity index (χ2v) is 5.74. The van der Waals surface area contributed by atoms with E-state index in [9.17, 15) is 14.9 Å². The van der Waals surface area contributed by atoms with Gasteiger partial charge in [0.2, 0.25) is 0 Å². The molecule has 0 saturated heterocycles. The highest BCUT2D eigenvalue weighted by Gasteiger charge is 2.17. The summed E-state index contributed by atoms with van der Waals surface area (Å²) in [6.07, 6.45) is 2.52. The van der Waals surface area contributed by atoms with Gasteiger partial charge in [-0.15, -0.1) is 0 Å². The van der Waals surface area contributed by atoms with Crippen molar-refractivity contribution in [3.8, 4) is 5.75 Å². The van der Waals surface area contributed by atoms with Gasteiger partial charge in [-0.1, -0.05) is 6.92 Å². The predicted octanol–water partition coefficient (Wildman–Crippen LogP) is 3.37. The number of nitro groups is 1. The summed E-state index contributed by atoms with van der Waals surface area (Å²) >= 11 is 0. The second-order valence-electron chi connectivity index (χ2n) is 5.74. The molecule has 0 spiro atoms. The summed E-state index contributed by atoms with van der Waals surface area (Å²) in [5, 5.41) is 13.8. The molecule has 0 aliphatic heterocycles. The molecule has 0 aliphatic rings. The van der Waals surface area contributed by atoms with E-state index < -0.39 is 4.92 Å². The number of imidazole rings is 1. The second kappa shape index (κ2) is 6.83. The zero-order valence-electron chi connectivity index (χ0n) is 14.6. The summed E-state index contributed by atoms with van der Waals surface area (Å²) in [4.78, 5) is 27.6. The van der Waals surface area contributed by atoms with Gasteiger partial charge in [-0.3, -0.25) is 14.9 Å². The normalized spacial score (nSPS) is 10.7. The number of nitro benzene ring substituents is 1. The summed E-state index contributed by atoms with van der Waals surface area (Å²) in [7, 11) is 1.35. The van der Waals surface area contributed by atoms with Gasteiger partial charge in [0.15, 0.2) is 5.75 Å². The minimum Gasteiger partial charge on any atom is -0.490 e. The lowest BCUT2D eigenvalue weighted by Gasteiger charge is -2.08. The monoisotopic (exact) mass is 354 g/mol. The fraction of sp³-hybridized carbons (Fsp3) is 0.222. The highest BCUT2D eigenvalue weighted by atomic mass is 16.6. The van der Waals surface area contributed by atoms with Crippen molar-refractivity contribution in [3.63, 3.8) is 0 Å². The Morgan fingerprint density at radius 2 is 2.12 bits per heavy atom. The number of nitrogens with one attached hydrogen (secondary N) is 1. The first-order valence-corrected chi connectivity index (χ1v) is 8.06. The molecule has 0 bridgehead atoms. The number of rotatable bonds is 5. The molecule has 0 saturated carbocycles. The van der Waals surface area contributed by atoms with Crippen LogP contribution < -0.4 is 10.1 Å². The van der Waals surface area contributed by atoms with E-state index in [1.165, 1.54) is 19.2 Å². The Morgan fingerprint density at radius 1 is 1.35 bits per heavy atom. The molecule has 2 heterocycles. The van der Waals surface area contributed by atoms with Gasteiger partial charge in [0.25, 0.3) is 5.91 Å². The van der Waals surface area contributed by atoms with Gasteiger partial charge in [0, 0.05) is 23.6 Å². The van der Waals surface area contributed by atoms with E-state index in [0.717, 1.165) is 23.5 Å². The lowest BCUT2D eigenvalue weighted by atomic mass is 10.2. The molecule has 1 aromatic carbocycles. The lowest BCUT2D eigenvalue weighted by Crippen LogP contribution is -2.13. The van der Waals surface area contributed by atoms with E-state index in [1.54, 1.807) is 24.4 Å². The number of hydrogen-bond acceptors (Lipinski definition) is 5. The van der Waals surface area contributed by atoms with Gasteiger partial charge in [-0.2, -0.15) is 0 Å². The van der Waals surface area contributed by atoms with Crippen molar-refractivity contribution >= 4 is 22.9 Å². The van der Waals surface area contributed by atoms with Gasteiger partial charge in [-0.05, 0) is 37.6 Å². The zero-order chi connectivity index (χ0) is 18.8. The van der Waals surface area contributed by atoms with E-state index in [2.05, 4.69) is 10.3 Å². The maximum absolute atomic E-state index is 12.5. The van der Waals surface area contributed by atoms with Gasteiger partial charge in [-0.25, -0.2) is 4.98 Å². The summed E-state index contributed by atoms with van der Waals surface area (Å²) in [5.74, 6) is -0.229. The van der Waals surface area contributed by atoms with E-state index in [1.807, 2.05) is 18.2 Å². The number of fused-ring (bicyclic) bond motifs is 1. The van der Waals surface area contributed by atoms with Crippen LogP contribution in [-0.4, -0.2) is 27.3 Å². The number of carbonyl (C=O) groups is 1. The Kier molecular flexibility index (Phi) is 4.57. The van der Waals surface area contributed by atoms with E-state index in [4.69, 9.17) is 4.74 Å². The third-order valence-corrected chi connectivity index (χ3v) is 4.19. The fourth-order valence-corrected chi connectivity index (χ4v) is 2.79. The Balaban J connectivity index is 1.90. The largest absolute Gasteiger partial charge is 0.490 e. The van der Waals surface area contributed by atoms with Gasteiger partial charge >= 0.3 is 5.69 Å². The SMILES string of the molecule is CCc1nc2ccc(C(=O)Nc3ccc(OC)c([N+](=O)[O-])c3)cn2c1C. The van der Waals surface area contributed by atoms with Crippen molar-refractivity contribution in [1.29, 1.82) is 0 Å². The summed E-state index contributed by atoms with van der Waals surface area (Å²) < 4.78 is 6.83. The first-order chi connectivity index (χ1) is 12.4. The highest BCUT2D eigenvalue weighted by molar-refractivity contribution is 6.04. The Hall–Kier alpha value is -3.42. The molecule has 3 rings (SSSR count). The molecule has 0 radical (unpaired) electrons. The molecular formula is C18H18N4O4. The maximum atomic E-state index is 12.5. The number of methoxy groups -OCH3 is 1. The molecule has 134 valence electrons. The summed E-state index contributed by atoms with van der Waals surface area (Å²) in [5.41, 5.74) is 3.28. The quantitative estimate of drug-likeness (QED) is 0.559.